The first-order chi connectivity index (χ1) is 6.15. The van der Waals surface area contributed by atoms with Crippen molar-refractivity contribution in [3.63, 3.8) is 0 Å². The molecule has 1 aromatic carbocycles. The van der Waals surface area contributed by atoms with Gasteiger partial charge >= 0.3 is 0 Å². The molecular weight excluding hydrogens is 160 g/mol. The molecule has 13 heavy (non-hydrogen) atoms. The zero-order valence-electron chi connectivity index (χ0n) is 8.29. The van der Waals surface area contributed by atoms with Crippen LogP contribution in [0.3, 0.4) is 0 Å². The number of carbonyl (C=O) groups is 1. The van der Waals surface area contributed by atoms with E-state index in [2.05, 4.69) is 0 Å². The van der Waals surface area contributed by atoms with Crippen LogP contribution in [0.15, 0.2) is 35.9 Å². The fourth-order valence-electron chi connectivity index (χ4n) is 1.06. The Morgan fingerprint density at radius 2 is 1.77 bits per heavy atom. The summed E-state index contributed by atoms with van der Waals surface area (Å²) in [5.41, 5.74) is 2.74. The Kier molecular flexibility index (Phi) is 3.02. The number of rotatable bonds is 2. The molecular formula is C12H14O. The molecule has 0 amide bonds. The van der Waals surface area contributed by atoms with Crippen molar-refractivity contribution in [1.82, 2.24) is 0 Å². The van der Waals surface area contributed by atoms with Gasteiger partial charge in [-0.3, -0.25) is 4.79 Å². The highest BCUT2D eigenvalue weighted by Gasteiger charge is 2.05. The molecule has 0 heterocycles. The van der Waals surface area contributed by atoms with Gasteiger partial charge in [0.05, 0.1) is 0 Å². The molecule has 0 saturated carbocycles. The van der Waals surface area contributed by atoms with Gasteiger partial charge < -0.3 is 0 Å². The van der Waals surface area contributed by atoms with E-state index in [9.17, 15) is 4.79 Å². The molecule has 0 bridgehead atoms. The van der Waals surface area contributed by atoms with Crippen molar-refractivity contribution in [2.24, 2.45) is 0 Å². The number of aryl methyl sites for hydroxylation is 1. The average Bonchev–Trinajstić information content (AvgIpc) is 2.17. The highest BCUT2D eigenvalue weighted by Crippen LogP contribution is 2.08. The summed E-state index contributed by atoms with van der Waals surface area (Å²) in [7, 11) is 0. The molecule has 0 aliphatic rings. The topological polar surface area (TPSA) is 17.1 Å². The van der Waals surface area contributed by atoms with E-state index in [-0.39, 0.29) is 5.78 Å². The second-order valence-corrected chi connectivity index (χ2v) is 3.17. The van der Waals surface area contributed by atoms with Crippen LogP contribution in [0.4, 0.5) is 0 Å². The van der Waals surface area contributed by atoms with Gasteiger partial charge in [-0.1, -0.05) is 35.9 Å². The first kappa shape index (κ1) is 9.72. The van der Waals surface area contributed by atoms with Crippen LogP contribution in [0.2, 0.25) is 0 Å². The number of hydrogen-bond acceptors (Lipinski definition) is 1. The second-order valence-electron chi connectivity index (χ2n) is 3.17. The van der Waals surface area contributed by atoms with Gasteiger partial charge in [0.15, 0.2) is 5.78 Å². The summed E-state index contributed by atoms with van der Waals surface area (Å²) < 4.78 is 0. The minimum Gasteiger partial charge on any atom is -0.289 e. The van der Waals surface area contributed by atoms with Crippen LogP contribution in [0.5, 0.6) is 0 Å². The predicted octanol–water partition coefficient (Wildman–Crippen LogP) is 3.14. The van der Waals surface area contributed by atoms with Crippen molar-refractivity contribution in [3.8, 4) is 0 Å². The maximum absolute atomic E-state index is 11.6. The normalized spacial score (nSPS) is 11.5. The van der Waals surface area contributed by atoms with Crippen LogP contribution in [-0.4, -0.2) is 5.78 Å². The Hall–Kier alpha value is -1.37. The molecule has 0 radical (unpaired) electrons. The largest absolute Gasteiger partial charge is 0.289 e. The van der Waals surface area contributed by atoms with E-state index in [1.807, 2.05) is 51.1 Å². The minimum absolute atomic E-state index is 0.113. The fourth-order valence-corrected chi connectivity index (χ4v) is 1.06. The fraction of sp³-hybridized carbons (Fsp3) is 0.250. The Labute approximate surface area is 79.1 Å². The van der Waals surface area contributed by atoms with E-state index >= 15 is 0 Å². The highest BCUT2D eigenvalue weighted by molar-refractivity contribution is 6.08. The van der Waals surface area contributed by atoms with Gasteiger partial charge in [-0.2, -0.15) is 0 Å². The molecule has 0 saturated heterocycles. The van der Waals surface area contributed by atoms with Crippen molar-refractivity contribution in [1.29, 1.82) is 0 Å². The summed E-state index contributed by atoms with van der Waals surface area (Å²) >= 11 is 0. The molecule has 1 rings (SSSR count). The number of ketones is 1. The zero-order chi connectivity index (χ0) is 9.84. The lowest BCUT2D eigenvalue weighted by atomic mass is 10.0. The van der Waals surface area contributed by atoms with Crippen molar-refractivity contribution >= 4 is 5.78 Å². The highest BCUT2D eigenvalue weighted by atomic mass is 16.1. The third-order valence-electron chi connectivity index (χ3n) is 2.10. The third-order valence-corrected chi connectivity index (χ3v) is 2.10. The molecule has 0 fully saturated rings. The molecule has 68 valence electrons. The first-order valence-electron chi connectivity index (χ1n) is 4.39. The van der Waals surface area contributed by atoms with Crippen LogP contribution in [-0.2, 0) is 0 Å². The summed E-state index contributed by atoms with van der Waals surface area (Å²) in [5, 5.41) is 0. The predicted molar refractivity (Wildman–Crippen MR) is 54.9 cm³/mol. The smallest absolute Gasteiger partial charge is 0.188 e. The summed E-state index contributed by atoms with van der Waals surface area (Å²) in [6.45, 7) is 5.72. The Bertz CT molecular complexity index is 331. The molecule has 0 aliphatic heterocycles. The number of benzene rings is 1. The van der Waals surface area contributed by atoms with Gasteiger partial charge in [-0.15, -0.1) is 0 Å². The lowest BCUT2D eigenvalue weighted by Gasteiger charge is -2.00. The van der Waals surface area contributed by atoms with Crippen LogP contribution in [0.1, 0.15) is 29.8 Å². The van der Waals surface area contributed by atoms with Gasteiger partial charge in [0, 0.05) is 5.56 Å². The standard InChI is InChI=1S/C12H14O/c1-4-10(3)12(13)11-7-5-9(2)6-8-11/h4-8H,1-3H3/b10-4-. The zero-order valence-corrected chi connectivity index (χ0v) is 8.29. The minimum atomic E-state index is 0.113. The summed E-state index contributed by atoms with van der Waals surface area (Å²) in [6, 6.07) is 7.64. The van der Waals surface area contributed by atoms with Gasteiger partial charge in [0.1, 0.15) is 0 Å². The Morgan fingerprint density at radius 3 is 2.23 bits per heavy atom. The number of Topliss-reactive ketones (excluding diaryl/α,β-unsaturated/α-hetero) is 1. The van der Waals surface area contributed by atoms with E-state index in [0.717, 1.165) is 11.1 Å². The van der Waals surface area contributed by atoms with Crippen LogP contribution < -0.4 is 0 Å². The number of hydrogen-bond donors (Lipinski definition) is 0. The van der Waals surface area contributed by atoms with Crippen molar-refractivity contribution in [2.75, 3.05) is 0 Å². The van der Waals surface area contributed by atoms with Crippen LogP contribution in [0, 0.1) is 6.92 Å². The molecule has 1 aromatic rings. The quantitative estimate of drug-likeness (QED) is 0.497. The van der Waals surface area contributed by atoms with E-state index in [4.69, 9.17) is 0 Å². The molecule has 0 aromatic heterocycles. The van der Waals surface area contributed by atoms with Crippen LogP contribution in [0.25, 0.3) is 0 Å². The Balaban J connectivity index is 2.97. The molecule has 0 unspecified atom stereocenters. The first-order valence-corrected chi connectivity index (χ1v) is 4.39. The number of allylic oxidation sites excluding steroid dienone is 2. The third kappa shape index (κ3) is 2.28. The molecule has 0 N–H and O–H groups in total. The Morgan fingerprint density at radius 1 is 1.23 bits per heavy atom. The second kappa shape index (κ2) is 4.04. The lowest BCUT2D eigenvalue weighted by molar-refractivity contribution is 0.103. The number of carbonyl (C=O) groups excluding carboxylic acids is 1. The van der Waals surface area contributed by atoms with E-state index in [1.165, 1.54) is 5.56 Å². The van der Waals surface area contributed by atoms with E-state index < -0.39 is 0 Å². The van der Waals surface area contributed by atoms with Gasteiger partial charge in [0.25, 0.3) is 0 Å². The molecule has 0 spiro atoms. The van der Waals surface area contributed by atoms with Crippen molar-refractivity contribution < 1.29 is 4.79 Å². The lowest BCUT2D eigenvalue weighted by Crippen LogP contribution is -1.99. The van der Waals surface area contributed by atoms with Crippen molar-refractivity contribution in [2.45, 2.75) is 20.8 Å². The van der Waals surface area contributed by atoms with E-state index in [0.29, 0.717) is 0 Å². The van der Waals surface area contributed by atoms with Crippen LogP contribution >= 0.6 is 0 Å². The van der Waals surface area contributed by atoms with Crippen molar-refractivity contribution in [3.05, 3.63) is 47.0 Å². The molecule has 0 atom stereocenters. The summed E-state index contributed by atoms with van der Waals surface area (Å²) in [4.78, 5) is 11.6. The monoisotopic (exact) mass is 174 g/mol. The summed E-state index contributed by atoms with van der Waals surface area (Å²) in [5.74, 6) is 0.113. The van der Waals surface area contributed by atoms with Gasteiger partial charge in [0.2, 0.25) is 0 Å². The maximum atomic E-state index is 11.6. The maximum Gasteiger partial charge on any atom is 0.188 e. The SMILES string of the molecule is C/C=C(/C)C(=O)c1ccc(C)cc1. The van der Waals surface area contributed by atoms with E-state index in [1.54, 1.807) is 0 Å². The average molecular weight is 174 g/mol. The van der Waals surface area contributed by atoms with Gasteiger partial charge in [-0.05, 0) is 26.3 Å². The molecule has 0 aliphatic carbocycles. The van der Waals surface area contributed by atoms with Gasteiger partial charge in [-0.25, -0.2) is 0 Å². The summed E-state index contributed by atoms with van der Waals surface area (Å²) in [6.07, 6.45) is 1.84. The molecule has 1 heteroatoms. The molecule has 1 nitrogen and oxygen atoms in total.